The average Bonchev–Trinajstić information content (AvgIpc) is 3.05. The van der Waals surface area contributed by atoms with Gasteiger partial charge in [-0.2, -0.15) is 0 Å². The van der Waals surface area contributed by atoms with Gasteiger partial charge in [0.15, 0.2) is 0 Å². The fourth-order valence-electron chi connectivity index (χ4n) is 4.06. The van der Waals surface area contributed by atoms with E-state index in [9.17, 15) is 4.79 Å². The number of aryl methyl sites for hydroxylation is 1. The predicted molar refractivity (Wildman–Crippen MR) is 105 cm³/mol. The summed E-state index contributed by atoms with van der Waals surface area (Å²) in [5.74, 6) is 1.22. The lowest BCUT2D eigenvalue weighted by Crippen LogP contribution is -2.46. The van der Waals surface area contributed by atoms with Crippen molar-refractivity contribution in [3.8, 4) is 0 Å². The Kier molecular flexibility index (Phi) is 5.25. The van der Waals surface area contributed by atoms with Gasteiger partial charge >= 0.3 is 0 Å². The van der Waals surface area contributed by atoms with Crippen molar-refractivity contribution in [1.82, 2.24) is 19.9 Å². The lowest BCUT2D eigenvalue weighted by Gasteiger charge is -2.37. The van der Waals surface area contributed by atoms with Gasteiger partial charge in [-0.25, -0.2) is 9.97 Å². The van der Waals surface area contributed by atoms with E-state index in [1.54, 1.807) is 12.4 Å². The lowest BCUT2D eigenvalue weighted by molar-refractivity contribution is -0.133. The summed E-state index contributed by atoms with van der Waals surface area (Å²) in [6.45, 7) is 4.66. The standard InChI is InChI=1S/C20H24ClN5O/c1-14-2-3-16(22-11-14)10-15-4-9-26(20(15)27)17-5-7-25(8-6-17)19-13-23-18(21)12-24-19/h2-3,11-13,15,17H,4-10H2,1H3/t15-/m1/s1. The minimum absolute atomic E-state index is 0.0698. The van der Waals surface area contributed by atoms with Crippen LogP contribution < -0.4 is 4.90 Å². The number of amides is 1. The topological polar surface area (TPSA) is 62.2 Å². The van der Waals surface area contributed by atoms with E-state index < -0.39 is 0 Å². The lowest BCUT2D eigenvalue weighted by atomic mass is 10.0. The summed E-state index contributed by atoms with van der Waals surface area (Å²) in [5.41, 5.74) is 2.16. The second-order valence-electron chi connectivity index (χ2n) is 7.46. The second-order valence-corrected chi connectivity index (χ2v) is 7.85. The molecule has 7 heteroatoms. The maximum Gasteiger partial charge on any atom is 0.226 e. The van der Waals surface area contributed by atoms with E-state index in [1.807, 2.05) is 19.2 Å². The number of hydrogen-bond acceptors (Lipinski definition) is 5. The van der Waals surface area contributed by atoms with E-state index in [0.29, 0.717) is 17.1 Å². The zero-order chi connectivity index (χ0) is 18.8. The molecule has 0 N–H and O–H groups in total. The number of halogens is 1. The Morgan fingerprint density at radius 1 is 1.04 bits per heavy atom. The number of aromatic nitrogens is 3. The van der Waals surface area contributed by atoms with E-state index in [-0.39, 0.29) is 5.92 Å². The summed E-state index contributed by atoms with van der Waals surface area (Å²) in [7, 11) is 0. The van der Waals surface area contributed by atoms with Crippen molar-refractivity contribution in [3.05, 3.63) is 47.1 Å². The molecule has 2 aliphatic heterocycles. The molecule has 0 spiro atoms. The second kappa shape index (κ2) is 7.80. The van der Waals surface area contributed by atoms with Crippen LogP contribution in [0.4, 0.5) is 5.82 Å². The van der Waals surface area contributed by atoms with Gasteiger partial charge in [0, 0.05) is 49.9 Å². The number of anilines is 1. The highest BCUT2D eigenvalue weighted by Gasteiger charge is 2.37. The minimum atomic E-state index is 0.0698. The van der Waals surface area contributed by atoms with E-state index in [0.717, 1.165) is 62.4 Å². The summed E-state index contributed by atoms with van der Waals surface area (Å²) in [5, 5.41) is 0.408. The van der Waals surface area contributed by atoms with E-state index >= 15 is 0 Å². The van der Waals surface area contributed by atoms with Crippen LogP contribution in [0.3, 0.4) is 0 Å². The van der Waals surface area contributed by atoms with Gasteiger partial charge in [-0.3, -0.25) is 9.78 Å². The Morgan fingerprint density at radius 2 is 1.85 bits per heavy atom. The first kappa shape index (κ1) is 18.2. The molecule has 0 saturated carbocycles. The van der Waals surface area contributed by atoms with Crippen LogP contribution in [0, 0.1) is 12.8 Å². The maximum atomic E-state index is 12.9. The smallest absolute Gasteiger partial charge is 0.226 e. The van der Waals surface area contributed by atoms with E-state index in [2.05, 4.69) is 30.8 Å². The molecule has 0 radical (unpaired) electrons. The number of carbonyl (C=O) groups is 1. The minimum Gasteiger partial charge on any atom is -0.355 e. The van der Waals surface area contributed by atoms with Gasteiger partial charge in [-0.1, -0.05) is 17.7 Å². The van der Waals surface area contributed by atoms with Crippen LogP contribution >= 0.6 is 11.6 Å². The first-order chi connectivity index (χ1) is 13.1. The van der Waals surface area contributed by atoms with Gasteiger partial charge in [-0.15, -0.1) is 0 Å². The molecule has 1 atom stereocenters. The summed E-state index contributed by atoms with van der Waals surface area (Å²) >= 11 is 5.81. The Morgan fingerprint density at radius 3 is 2.52 bits per heavy atom. The highest BCUT2D eigenvalue weighted by molar-refractivity contribution is 6.29. The van der Waals surface area contributed by atoms with Crippen molar-refractivity contribution in [1.29, 1.82) is 0 Å². The van der Waals surface area contributed by atoms with Crippen molar-refractivity contribution in [2.45, 2.75) is 38.6 Å². The van der Waals surface area contributed by atoms with Crippen LogP contribution in [0.5, 0.6) is 0 Å². The van der Waals surface area contributed by atoms with E-state index in [1.165, 1.54) is 0 Å². The van der Waals surface area contributed by atoms with Crippen LogP contribution in [0.25, 0.3) is 0 Å². The molecule has 0 aromatic carbocycles. The van der Waals surface area contributed by atoms with Crippen molar-refractivity contribution in [2.75, 3.05) is 24.5 Å². The summed E-state index contributed by atoms with van der Waals surface area (Å²) in [6, 6.07) is 4.43. The summed E-state index contributed by atoms with van der Waals surface area (Å²) in [6.07, 6.45) is 8.77. The fraction of sp³-hybridized carbons (Fsp3) is 0.500. The molecule has 1 amide bonds. The van der Waals surface area contributed by atoms with Crippen LogP contribution in [-0.4, -0.2) is 51.4 Å². The molecule has 6 nitrogen and oxygen atoms in total. The third-order valence-electron chi connectivity index (χ3n) is 5.61. The zero-order valence-corrected chi connectivity index (χ0v) is 16.3. The molecule has 2 aromatic heterocycles. The monoisotopic (exact) mass is 385 g/mol. The average molecular weight is 386 g/mol. The summed E-state index contributed by atoms with van der Waals surface area (Å²) in [4.78, 5) is 30.2. The fourth-order valence-corrected chi connectivity index (χ4v) is 4.16. The van der Waals surface area contributed by atoms with Crippen molar-refractivity contribution in [3.63, 3.8) is 0 Å². The third kappa shape index (κ3) is 4.05. The largest absolute Gasteiger partial charge is 0.355 e. The Balaban J connectivity index is 1.33. The van der Waals surface area contributed by atoms with Crippen LogP contribution in [-0.2, 0) is 11.2 Å². The van der Waals surface area contributed by atoms with Crippen LogP contribution in [0.2, 0.25) is 5.15 Å². The molecular formula is C20H24ClN5O. The molecule has 4 rings (SSSR count). The van der Waals surface area contributed by atoms with Gasteiger partial charge < -0.3 is 9.80 Å². The van der Waals surface area contributed by atoms with Crippen molar-refractivity contribution >= 4 is 23.3 Å². The highest BCUT2D eigenvalue weighted by Crippen LogP contribution is 2.28. The maximum absolute atomic E-state index is 12.9. The Hall–Kier alpha value is -2.21. The molecule has 2 aliphatic rings. The normalized spacial score (nSPS) is 21.1. The highest BCUT2D eigenvalue weighted by atomic mass is 35.5. The van der Waals surface area contributed by atoms with Gasteiger partial charge in [0.2, 0.25) is 5.91 Å². The first-order valence-corrected chi connectivity index (χ1v) is 9.92. The number of hydrogen-bond donors (Lipinski definition) is 0. The molecule has 0 bridgehead atoms. The molecule has 0 aliphatic carbocycles. The molecule has 2 fully saturated rings. The molecule has 0 unspecified atom stereocenters. The van der Waals surface area contributed by atoms with Crippen molar-refractivity contribution < 1.29 is 4.79 Å². The number of likely N-dealkylation sites (tertiary alicyclic amines) is 1. The molecule has 2 aromatic rings. The van der Waals surface area contributed by atoms with Crippen LogP contribution in [0.15, 0.2) is 30.7 Å². The zero-order valence-electron chi connectivity index (χ0n) is 15.5. The SMILES string of the molecule is Cc1ccc(C[C@H]2CCN(C3CCN(c4cnc(Cl)cn4)CC3)C2=O)nc1. The Labute approximate surface area is 164 Å². The number of nitrogens with zero attached hydrogens (tertiary/aromatic N) is 5. The molecule has 27 heavy (non-hydrogen) atoms. The quantitative estimate of drug-likeness (QED) is 0.809. The van der Waals surface area contributed by atoms with Gasteiger partial charge in [0.25, 0.3) is 0 Å². The van der Waals surface area contributed by atoms with Crippen molar-refractivity contribution in [2.24, 2.45) is 5.92 Å². The number of pyridine rings is 1. The van der Waals surface area contributed by atoms with Crippen LogP contribution in [0.1, 0.15) is 30.5 Å². The van der Waals surface area contributed by atoms with Gasteiger partial charge in [-0.05, 0) is 37.8 Å². The number of carbonyl (C=O) groups excluding carboxylic acids is 1. The van der Waals surface area contributed by atoms with Gasteiger partial charge in [0.05, 0.1) is 12.4 Å². The molecule has 2 saturated heterocycles. The Bertz CT molecular complexity index is 787. The van der Waals surface area contributed by atoms with E-state index in [4.69, 9.17) is 11.6 Å². The predicted octanol–water partition coefficient (Wildman–Crippen LogP) is 2.89. The molecule has 142 valence electrons. The molecular weight excluding hydrogens is 362 g/mol. The third-order valence-corrected chi connectivity index (χ3v) is 5.81. The number of piperidine rings is 1. The molecule has 4 heterocycles. The summed E-state index contributed by atoms with van der Waals surface area (Å²) < 4.78 is 0. The van der Waals surface area contributed by atoms with Gasteiger partial charge in [0.1, 0.15) is 11.0 Å². The number of rotatable bonds is 4. The first-order valence-electron chi connectivity index (χ1n) is 9.54.